The molecule has 0 aromatic carbocycles. The Morgan fingerprint density at radius 3 is 2.60 bits per heavy atom. The Bertz CT molecular complexity index is 769. The number of aryl methyl sites for hydroxylation is 1. The van der Waals surface area contributed by atoms with Crippen LogP contribution in [0, 0.1) is 13.8 Å². The number of piperidine rings is 1. The molecule has 140 valence electrons. The smallest absolute Gasteiger partial charge is 0.339 e. The minimum Gasteiger partial charge on any atom is -0.465 e. The predicted octanol–water partition coefficient (Wildman–Crippen LogP) is 0.962. The van der Waals surface area contributed by atoms with Gasteiger partial charge >= 0.3 is 5.97 Å². The second-order valence-corrected chi connectivity index (χ2v) is 8.22. The highest BCUT2D eigenvalue weighted by Gasteiger charge is 2.31. The van der Waals surface area contributed by atoms with E-state index < -0.39 is 16.0 Å². The summed E-state index contributed by atoms with van der Waals surface area (Å²) < 4.78 is 30.0. The zero-order valence-corrected chi connectivity index (χ0v) is 15.8. The van der Waals surface area contributed by atoms with Crippen LogP contribution in [-0.2, 0) is 14.8 Å². The highest BCUT2D eigenvalue weighted by molar-refractivity contribution is 7.88. The number of likely N-dealkylation sites (tertiary alicyclic amines) is 1. The van der Waals surface area contributed by atoms with Gasteiger partial charge in [-0.25, -0.2) is 17.9 Å². The van der Waals surface area contributed by atoms with Crippen LogP contribution in [0.3, 0.4) is 0 Å². The molecule has 0 bridgehead atoms. The van der Waals surface area contributed by atoms with Crippen LogP contribution >= 0.6 is 0 Å². The lowest BCUT2D eigenvalue weighted by Crippen LogP contribution is -2.49. The second-order valence-electron chi connectivity index (χ2n) is 6.39. The summed E-state index contributed by atoms with van der Waals surface area (Å²) in [6, 6.07) is -0.208. The lowest BCUT2D eigenvalue weighted by Gasteiger charge is -2.35. The Balaban J connectivity index is 2.27. The van der Waals surface area contributed by atoms with E-state index in [4.69, 9.17) is 4.74 Å². The molecule has 0 saturated carbocycles. The fraction of sp³-hybridized carbons (Fsp3) is 0.625. The van der Waals surface area contributed by atoms with Crippen molar-refractivity contribution in [3.8, 4) is 0 Å². The van der Waals surface area contributed by atoms with Gasteiger partial charge in [0.15, 0.2) is 0 Å². The average molecular weight is 371 g/mol. The molecule has 1 unspecified atom stereocenters. The lowest BCUT2D eigenvalue weighted by atomic mass is 10.0. The Labute approximate surface area is 148 Å². The molecule has 1 fully saturated rings. The number of aromatic amines is 1. The number of hydrogen-bond donors (Lipinski definition) is 2. The Morgan fingerprint density at radius 1 is 1.32 bits per heavy atom. The third-order valence-corrected chi connectivity index (χ3v) is 5.20. The van der Waals surface area contributed by atoms with Gasteiger partial charge in [0, 0.05) is 24.8 Å². The summed E-state index contributed by atoms with van der Waals surface area (Å²) >= 11 is 0. The molecular formula is C16H25N3O5S. The van der Waals surface area contributed by atoms with Crippen LogP contribution in [0.15, 0.2) is 0 Å². The van der Waals surface area contributed by atoms with Gasteiger partial charge in [0.2, 0.25) is 10.0 Å². The van der Waals surface area contributed by atoms with Crippen LogP contribution in [0.5, 0.6) is 0 Å². The number of sulfonamides is 1. The first-order valence-electron chi connectivity index (χ1n) is 8.18. The average Bonchev–Trinajstić information content (AvgIpc) is 2.86. The van der Waals surface area contributed by atoms with Crippen molar-refractivity contribution in [3.63, 3.8) is 0 Å². The maximum absolute atomic E-state index is 13.0. The predicted molar refractivity (Wildman–Crippen MR) is 93.1 cm³/mol. The molecular weight excluding hydrogens is 346 g/mol. The van der Waals surface area contributed by atoms with Gasteiger partial charge in [0.25, 0.3) is 5.91 Å². The largest absolute Gasteiger partial charge is 0.465 e. The fourth-order valence-corrected chi connectivity index (χ4v) is 3.74. The van der Waals surface area contributed by atoms with E-state index in [2.05, 4.69) is 9.71 Å². The van der Waals surface area contributed by atoms with Gasteiger partial charge in [0.05, 0.1) is 18.9 Å². The summed E-state index contributed by atoms with van der Waals surface area (Å²) in [7, 11) is -2.02. The van der Waals surface area contributed by atoms with Crippen LogP contribution in [0.1, 0.15) is 51.4 Å². The number of nitrogens with one attached hydrogen (secondary N) is 2. The number of H-pyrrole nitrogens is 1. The van der Waals surface area contributed by atoms with E-state index in [-0.39, 0.29) is 18.5 Å². The summed E-state index contributed by atoms with van der Waals surface area (Å²) in [5.74, 6) is -0.713. The van der Waals surface area contributed by atoms with Gasteiger partial charge in [-0.1, -0.05) is 0 Å². The molecule has 1 aliphatic heterocycles. The molecule has 0 radical (unpaired) electrons. The molecule has 8 nitrogen and oxygen atoms in total. The standard InChI is InChI=1S/C16H25N3O5S/c1-10-13(16(21)24-3)11(2)18-14(10)15(20)19-8-6-5-7-12(19)9-17-25(4,22)23/h12,17-18H,5-9H2,1-4H3. The first-order chi connectivity index (χ1) is 11.7. The van der Waals surface area contributed by atoms with Crippen molar-refractivity contribution in [3.05, 3.63) is 22.5 Å². The number of ether oxygens (including phenoxy) is 1. The maximum Gasteiger partial charge on any atom is 0.339 e. The van der Waals surface area contributed by atoms with E-state index in [1.165, 1.54) is 7.11 Å². The quantitative estimate of drug-likeness (QED) is 0.750. The molecule has 1 atom stereocenters. The van der Waals surface area contributed by atoms with Crippen molar-refractivity contribution in [2.24, 2.45) is 0 Å². The summed E-state index contributed by atoms with van der Waals surface area (Å²) in [6.07, 6.45) is 3.64. The third-order valence-electron chi connectivity index (χ3n) is 4.51. The SMILES string of the molecule is COC(=O)c1c(C)[nH]c(C(=O)N2CCCCC2CNS(C)(=O)=O)c1C. The van der Waals surface area contributed by atoms with E-state index in [9.17, 15) is 18.0 Å². The number of esters is 1. The third kappa shape index (κ3) is 4.40. The Kier molecular flexibility index (Phi) is 5.89. The van der Waals surface area contributed by atoms with E-state index >= 15 is 0 Å². The molecule has 2 rings (SSSR count). The van der Waals surface area contributed by atoms with Gasteiger partial charge < -0.3 is 14.6 Å². The second kappa shape index (κ2) is 7.57. The lowest BCUT2D eigenvalue weighted by molar-refractivity contribution is 0.0599. The van der Waals surface area contributed by atoms with Crippen LogP contribution < -0.4 is 4.72 Å². The number of rotatable bonds is 5. The highest BCUT2D eigenvalue weighted by Crippen LogP contribution is 2.24. The number of aromatic nitrogens is 1. The molecule has 1 amide bonds. The van der Waals surface area contributed by atoms with Gasteiger partial charge in [-0.15, -0.1) is 0 Å². The van der Waals surface area contributed by atoms with E-state index in [1.807, 2.05) is 0 Å². The fourth-order valence-electron chi connectivity index (χ4n) is 3.24. The molecule has 25 heavy (non-hydrogen) atoms. The summed E-state index contributed by atoms with van der Waals surface area (Å²) in [5.41, 5.74) is 1.85. The summed E-state index contributed by atoms with van der Waals surface area (Å²) in [6.45, 7) is 4.17. The first kappa shape index (κ1) is 19.5. The molecule has 1 aromatic rings. The molecule has 9 heteroatoms. The van der Waals surface area contributed by atoms with E-state index in [0.29, 0.717) is 29.1 Å². The van der Waals surface area contributed by atoms with Crippen molar-refractivity contribution >= 4 is 21.9 Å². The van der Waals surface area contributed by atoms with Crippen molar-refractivity contribution in [1.29, 1.82) is 0 Å². The molecule has 0 spiro atoms. The zero-order chi connectivity index (χ0) is 18.8. The Morgan fingerprint density at radius 2 is 2.00 bits per heavy atom. The summed E-state index contributed by atoms with van der Waals surface area (Å²) in [4.78, 5) is 29.6. The minimum absolute atomic E-state index is 0.188. The number of carbonyl (C=O) groups excluding carboxylic acids is 2. The van der Waals surface area contributed by atoms with Gasteiger partial charge in [-0.2, -0.15) is 0 Å². The molecule has 2 heterocycles. The molecule has 1 aliphatic rings. The molecule has 1 aromatic heterocycles. The molecule has 0 aliphatic carbocycles. The van der Waals surface area contributed by atoms with Crippen molar-refractivity contribution in [2.45, 2.75) is 39.2 Å². The number of hydrogen-bond acceptors (Lipinski definition) is 5. The highest BCUT2D eigenvalue weighted by atomic mass is 32.2. The zero-order valence-electron chi connectivity index (χ0n) is 15.0. The van der Waals surface area contributed by atoms with Crippen molar-refractivity contribution in [2.75, 3.05) is 26.5 Å². The van der Waals surface area contributed by atoms with Gasteiger partial charge in [0.1, 0.15) is 5.69 Å². The van der Waals surface area contributed by atoms with Gasteiger partial charge in [-0.3, -0.25) is 4.79 Å². The Hall–Kier alpha value is -1.87. The molecule has 1 saturated heterocycles. The molecule has 2 N–H and O–H groups in total. The normalized spacial score (nSPS) is 18.2. The number of carbonyl (C=O) groups is 2. The van der Waals surface area contributed by atoms with E-state index in [1.54, 1.807) is 18.7 Å². The van der Waals surface area contributed by atoms with Crippen LogP contribution in [-0.4, -0.2) is 62.7 Å². The number of amides is 1. The summed E-state index contributed by atoms with van der Waals surface area (Å²) in [5, 5.41) is 0. The first-order valence-corrected chi connectivity index (χ1v) is 10.1. The van der Waals surface area contributed by atoms with Crippen molar-refractivity contribution in [1.82, 2.24) is 14.6 Å². The van der Waals surface area contributed by atoms with Gasteiger partial charge in [-0.05, 0) is 38.7 Å². The number of nitrogens with zero attached hydrogens (tertiary/aromatic N) is 1. The minimum atomic E-state index is -3.32. The van der Waals surface area contributed by atoms with Crippen LogP contribution in [0.4, 0.5) is 0 Å². The van der Waals surface area contributed by atoms with Crippen LogP contribution in [0.2, 0.25) is 0 Å². The number of methoxy groups -OCH3 is 1. The maximum atomic E-state index is 13.0. The van der Waals surface area contributed by atoms with E-state index in [0.717, 1.165) is 25.5 Å². The monoisotopic (exact) mass is 371 g/mol. The van der Waals surface area contributed by atoms with Crippen LogP contribution in [0.25, 0.3) is 0 Å². The topological polar surface area (TPSA) is 109 Å². The van der Waals surface area contributed by atoms with Crippen molar-refractivity contribution < 1.29 is 22.7 Å².